The Morgan fingerprint density at radius 3 is 2.42 bits per heavy atom. The molecule has 5 N–H and O–H groups in total. The molecule has 5 unspecified atom stereocenters. The Hall–Kier alpha value is -0.890. The Morgan fingerprint density at radius 2 is 1.79 bits per heavy atom. The topological polar surface area (TPSA) is 110 Å². The first kappa shape index (κ1) is 14.5. The fraction of sp³-hybridized carbons (Fsp3) is 0.500. The summed E-state index contributed by atoms with van der Waals surface area (Å²) in [7, 11) is 0. The highest BCUT2D eigenvalue weighted by atomic mass is 35.5. The largest absolute Gasteiger partial charge is 0.508 e. The van der Waals surface area contributed by atoms with Gasteiger partial charge < -0.3 is 30.3 Å². The summed E-state index contributed by atoms with van der Waals surface area (Å²) < 4.78 is 5.35. The summed E-state index contributed by atoms with van der Waals surface area (Å²) in [6.45, 7) is -0.516. The van der Waals surface area contributed by atoms with E-state index in [-0.39, 0.29) is 16.3 Å². The van der Waals surface area contributed by atoms with Crippen molar-refractivity contribution in [2.75, 3.05) is 6.61 Å². The quantitative estimate of drug-likeness (QED) is 0.505. The SMILES string of the molecule is OCC1OC(c2cc(O)ccc2Cl)C(O)C(O)C1O. The number of hydrogen-bond donors (Lipinski definition) is 5. The third-order valence-corrected chi connectivity index (χ3v) is 3.52. The average Bonchev–Trinajstić information content (AvgIpc) is 2.40. The molecule has 1 aromatic carbocycles. The van der Waals surface area contributed by atoms with Crippen LogP contribution in [0.25, 0.3) is 0 Å². The fourth-order valence-corrected chi connectivity index (χ4v) is 2.33. The zero-order chi connectivity index (χ0) is 14.2. The van der Waals surface area contributed by atoms with Crippen molar-refractivity contribution >= 4 is 11.6 Å². The number of benzene rings is 1. The second-order valence-electron chi connectivity index (χ2n) is 4.46. The zero-order valence-corrected chi connectivity index (χ0v) is 10.6. The lowest BCUT2D eigenvalue weighted by molar-refractivity contribution is -0.231. The van der Waals surface area contributed by atoms with Crippen molar-refractivity contribution in [1.82, 2.24) is 0 Å². The van der Waals surface area contributed by atoms with Gasteiger partial charge in [-0.25, -0.2) is 0 Å². The van der Waals surface area contributed by atoms with Gasteiger partial charge in [0.15, 0.2) is 0 Å². The number of hydrogen-bond acceptors (Lipinski definition) is 6. The highest BCUT2D eigenvalue weighted by Crippen LogP contribution is 2.37. The minimum atomic E-state index is -1.48. The molecule has 1 heterocycles. The number of phenols is 1. The van der Waals surface area contributed by atoms with E-state index in [0.29, 0.717) is 0 Å². The number of aliphatic hydroxyl groups is 4. The van der Waals surface area contributed by atoms with Crippen LogP contribution in [0.1, 0.15) is 11.7 Å². The molecule has 0 aromatic heterocycles. The van der Waals surface area contributed by atoms with Gasteiger partial charge in [-0.2, -0.15) is 0 Å². The van der Waals surface area contributed by atoms with E-state index >= 15 is 0 Å². The lowest BCUT2D eigenvalue weighted by Crippen LogP contribution is -2.55. The first-order chi connectivity index (χ1) is 8.95. The van der Waals surface area contributed by atoms with Crippen LogP contribution in [-0.4, -0.2) is 56.6 Å². The Kier molecular flexibility index (Phi) is 4.29. The molecular weight excluding hydrogens is 276 g/mol. The molecule has 7 heteroatoms. The van der Waals surface area contributed by atoms with Gasteiger partial charge in [0, 0.05) is 10.6 Å². The molecular formula is C12H15ClO6. The van der Waals surface area contributed by atoms with Gasteiger partial charge in [-0.15, -0.1) is 0 Å². The molecule has 0 aliphatic carbocycles. The maximum Gasteiger partial charge on any atom is 0.116 e. The van der Waals surface area contributed by atoms with Gasteiger partial charge in [0.2, 0.25) is 0 Å². The predicted octanol–water partition coefficient (Wildman–Crippen LogP) is -0.440. The van der Waals surface area contributed by atoms with E-state index in [1.165, 1.54) is 18.2 Å². The molecule has 1 aliphatic heterocycles. The van der Waals surface area contributed by atoms with E-state index < -0.39 is 37.1 Å². The predicted molar refractivity (Wildman–Crippen MR) is 65.8 cm³/mol. The van der Waals surface area contributed by atoms with Crippen LogP contribution in [0.4, 0.5) is 0 Å². The minimum absolute atomic E-state index is 0.0728. The molecule has 1 saturated heterocycles. The van der Waals surface area contributed by atoms with Gasteiger partial charge in [-0.3, -0.25) is 0 Å². The first-order valence-electron chi connectivity index (χ1n) is 5.74. The zero-order valence-electron chi connectivity index (χ0n) is 9.85. The van der Waals surface area contributed by atoms with Gasteiger partial charge in [0.1, 0.15) is 36.3 Å². The maximum absolute atomic E-state index is 9.93. The molecule has 2 rings (SSSR count). The van der Waals surface area contributed by atoms with E-state index in [9.17, 15) is 20.4 Å². The van der Waals surface area contributed by atoms with Crippen molar-refractivity contribution in [3.05, 3.63) is 28.8 Å². The second-order valence-corrected chi connectivity index (χ2v) is 4.86. The summed E-state index contributed by atoms with van der Waals surface area (Å²) in [5.41, 5.74) is 0.276. The molecule has 6 nitrogen and oxygen atoms in total. The lowest BCUT2D eigenvalue weighted by Gasteiger charge is -2.40. The van der Waals surface area contributed by atoms with Crippen LogP contribution in [-0.2, 0) is 4.74 Å². The monoisotopic (exact) mass is 290 g/mol. The van der Waals surface area contributed by atoms with Gasteiger partial charge >= 0.3 is 0 Å². The number of aliphatic hydroxyl groups excluding tert-OH is 4. The highest BCUT2D eigenvalue weighted by molar-refractivity contribution is 6.31. The van der Waals surface area contributed by atoms with E-state index in [1.54, 1.807) is 0 Å². The van der Waals surface area contributed by atoms with Crippen LogP contribution in [0.3, 0.4) is 0 Å². The number of halogens is 1. The summed E-state index contributed by atoms with van der Waals surface area (Å²) in [6.07, 6.45) is -6.38. The fourth-order valence-electron chi connectivity index (χ4n) is 2.11. The van der Waals surface area contributed by atoms with Crippen molar-refractivity contribution in [3.8, 4) is 5.75 Å². The Bertz CT molecular complexity index is 452. The van der Waals surface area contributed by atoms with Crippen molar-refractivity contribution in [1.29, 1.82) is 0 Å². The third kappa shape index (κ3) is 2.69. The molecule has 106 valence electrons. The van der Waals surface area contributed by atoms with Gasteiger partial charge in [0.25, 0.3) is 0 Å². The van der Waals surface area contributed by atoms with E-state index in [2.05, 4.69) is 0 Å². The Morgan fingerprint density at radius 1 is 1.11 bits per heavy atom. The standard InChI is InChI=1S/C12H15ClO6/c13-7-2-1-5(15)3-6(7)12-11(18)10(17)9(16)8(4-14)19-12/h1-3,8-12,14-18H,4H2. The smallest absolute Gasteiger partial charge is 0.116 e. The Balaban J connectivity index is 2.35. The van der Waals surface area contributed by atoms with Crippen LogP contribution in [0.2, 0.25) is 5.02 Å². The summed E-state index contributed by atoms with van der Waals surface area (Å²) in [5, 5.41) is 48.1. The molecule has 0 amide bonds. The van der Waals surface area contributed by atoms with Crippen molar-refractivity contribution in [2.45, 2.75) is 30.5 Å². The van der Waals surface area contributed by atoms with Gasteiger partial charge in [-0.1, -0.05) is 11.6 Å². The van der Waals surface area contributed by atoms with Crippen molar-refractivity contribution < 1.29 is 30.3 Å². The van der Waals surface area contributed by atoms with Crippen LogP contribution in [0.15, 0.2) is 18.2 Å². The van der Waals surface area contributed by atoms with Crippen molar-refractivity contribution in [3.63, 3.8) is 0 Å². The molecule has 0 bridgehead atoms. The number of rotatable bonds is 2. The number of aromatic hydroxyl groups is 1. The summed E-state index contributed by atoms with van der Waals surface area (Å²) in [5.74, 6) is -0.0728. The molecule has 0 radical (unpaired) electrons. The van der Waals surface area contributed by atoms with Crippen LogP contribution >= 0.6 is 11.6 Å². The second kappa shape index (κ2) is 5.62. The number of phenolic OH excluding ortho intramolecular Hbond substituents is 1. The van der Waals surface area contributed by atoms with Crippen LogP contribution in [0, 0.1) is 0 Å². The average molecular weight is 291 g/mol. The molecule has 1 aromatic rings. The first-order valence-corrected chi connectivity index (χ1v) is 6.12. The third-order valence-electron chi connectivity index (χ3n) is 3.18. The lowest BCUT2D eigenvalue weighted by atomic mass is 9.91. The van der Waals surface area contributed by atoms with E-state index in [4.69, 9.17) is 21.4 Å². The molecule has 0 spiro atoms. The summed E-state index contributed by atoms with van der Waals surface area (Å²) >= 11 is 5.96. The summed E-state index contributed by atoms with van der Waals surface area (Å²) in [4.78, 5) is 0. The molecule has 1 fully saturated rings. The highest BCUT2D eigenvalue weighted by Gasteiger charge is 2.44. The van der Waals surface area contributed by atoms with E-state index in [1.807, 2.05) is 0 Å². The number of ether oxygens (including phenoxy) is 1. The molecule has 1 aliphatic rings. The van der Waals surface area contributed by atoms with E-state index in [0.717, 1.165) is 0 Å². The van der Waals surface area contributed by atoms with Gasteiger partial charge in [-0.05, 0) is 18.2 Å². The normalized spacial score (nSPS) is 35.3. The van der Waals surface area contributed by atoms with Gasteiger partial charge in [0.05, 0.1) is 6.61 Å². The molecule has 19 heavy (non-hydrogen) atoms. The van der Waals surface area contributed by atoms with Crippen LogP contribution < -0.4 is 0 Å². The minimum Gasteiger partial charge on any atom is -0.508 e. The van der Waals surface area contributed by atoms with Crippen molar-refractivity contribution in [2.24, 2.45) is 0 Å². The molecule has 5 atom stereocenters. The maximum atomic E-state index is 9.93. The van der Waals surface area contributed by atoms with Crippen LogP contribution in [0.5, 0.6) is 5.75 Å². The Labute approximate surface area is 114 Å². The molecule has 0 saturated carbocycles. The summed E-state index contributed by atoms with van der Waals surface area (Å²) in [6, 6.07) is 4.10.